The molecule has 0 spiro atoms. The van der Waals surface area contributed by atoms with Crippen LogP contribution in [0.1, 0.15) is 25.3 Å². The highest BCUT2D eigenvalue weighted by molar-refractivity contribution is 5.90. The number of cyclic esters (lactones) is 2. The molecule has 1 aromatic carbocycles. The van der Waals surface area contributed by atoms with E-state index in [1.807, 2.05) is 0 Å². The first-order valence-corrected chi connectivity index (χ1v) is 5.52. The molecule has 2 rings (SSSR count). The van der Waals surface area contributed by atoms with E-state index in [-0.39, 0.29) is 12.8 Å². The number of methoxy groups -OCH3 is 1. The van der Waals surface area contributed by atoms with Gasteiger partial charge in [0.05, 0.1) is 20.0 Å². The molecule has 1 saturated heterocycles. The van der Waals surface area contributed by atoms with Gasteiger partial charge in [-0.25, -0.2) is 4.39 Å². The number of rotatable bonds is 2. The first-order valence-electron chi connectivity index (χ1n) is 5.52. The Morgan fingerprint density at radius 3 is 2.44 bits per heavy atom. The van der Waals surface area contributed by atoms with Crippen LogP contribution in [0, 0.1) is 5.82 Å². The Morgan fingerprint density at radius 1 is 1.28 bits per heavy atom. The van der Waals surface area contributed by atoms with Gasteiger partial charge >= 0.3 is 11.9 Å². The Balaban J connectivity index is 2.48. The van der Waals surface area contributed by atoms with Gasteiger partial charge in [0.1, 0.15) is 11.6 Å². The largest absolute Gasteiger partial charge is 0.496 e. The van der Waals surface area contributed by atoms with E-state index in [1.54, 1.807) is 6.92 Å². The van der Waals surface area contributed by atoms with Crippen molar-refractivity contribution >= 4 is 11.9 Å². The molecule has 1 heterocycles. The van der Waals surface area contributed by atoms with Crippen molar-refractivity contribution < 1.29 is 23.5 Å². The van der Waals surface area contributed by atoms with Gasteiger partial charge in [0, 0.05) is 11.0 Å². The summed E-state index contributed by atoms with van der Waals surface area (Å²) in [4.78, 5) is 22.7. The molecular weight excluding hydrogens is 239 g/mol. The summed E-state index contributed by atoms with van der Waals surface area (Å²) in [6.07, 6.45) is 0.0527. The number of esters is 2. The second kappa shape index (κ2) is 4.40. The van der Waals surface area contributed by atoms with Crippen LogP contribution in [0.3, 0.4) is 0 Å². The van der Waals surface area contributed by atoms with Crippen molar-refractivity contribution in [1.82, 2.24) is 0 Å². The number of hydrogen-bond acceptors (Lipinski definition) is 4. The Bertz CT molecular complexity index is 494. The van der Waals surface area contributed by atoms with Crippen molar-refractivity contribution in [2.24, 2.45) is 0 Å². The molecule has 0 aliphatic carbocycles. The topological polar surface area (TPSA) is 52.6 Å². The fourth-order valence-electron chi connectivity index (χ4n) is 2.24. The van der Waals surface area contributed by atoms with Gasteiger partial charge in [-0.2, -0.15) is 0 Å². The molecule has 0 unspecified atom stereocenters. The minimum Gasteiger partial charge on any atom is -0.496 e. The normalized spacial score (nSPS) is 18.4. The third-order valence-corrected chi connectivity index (χ3v) is 3.11. The van der Waals surface area contributed by atoms with E-state index in [0.29, 0.717) is 11.3 Å². The molecule has 4 nitrogen and oxygen atoms in total. The first-order chi connectivity index (χ1) is 8.44. The summed E-state index contributed by atoms with van der Waals surface area (Å²) in [5.41, 5.74) is -0.283. The van der Waals surface area contributed by atoms with Crippen molar-refractivity contribution in [2.45, 2.75) is 25.2 Å². The van der Waals surface area contributed by atoms with Crippen molar-refractivity contribution in [3.8, 4) is 5.75 Å². The summed E-state index contributed by atoms with van der Waals surface area (Å²) in [7, 11) is 1.46. The molecule has 0 saturated carbocycles. The van der Waals surface area contributed by atoms with Crippen LogP contribution in [0.15, 0.2) is 18.2 Å². The van der Waals surface area contributed by atoms with E-state index in [2.05, 4.69) is 4.74 Å². The molecule has 18 heavy (non-hydrogen) atoms. The summed E-state index contributed by atoms with van der Waals surface area (Å²) in [6, 6.07) is 4.06. The molecule has 0 amide bonds. The predicted octanol–water partition coefficient (Wildman–Crippen LogP) is 1.96. The van der Waals surface area contributed by atoms with Gasteiger partial charge in [-0.1, -0.05) is 6.92 Å². The highest BCUT2D eigenvalue weighted by atomic mass is 19.1. The van der Waals surface area contributed by atoms with E-state index in [1.165, 1.54) is 25.3 Å². The lowest BCUT2D eigenvalue weighted by Gasteiger charge is -2.32. The second-order valence-corrected chi connectivity index (χ2v) is 4.60. The molecule has 96 valence electrons. The Hall–Kier alpha value is -1.91. The molecule has 0 atom stereocenters. The van der Waals surface area contributed by atoms with Gasteiger partial charge in [-0.15, -0.1) is 0 Å². The zero-order valence-corrected chi connectivity index (χ0v) is 10.2. The maximum Gasteiger partial charge on any atom is 0.314 e. The fraction of sp³-hybridized carbons (Fsp3) is 0.385. The van der Waals surface area contributed by atoms with Crippen LogP contribution in [-0.2, 0) is 19.7 Å². The molecule has 0 radical (unpaired) electrons. The molecule has 0 N–H and O–H groups in total. The second-order valence-electron chi connectivity index (χ2n) is 4.60. The number of hydrogen-bond donors (Lipinski definition) is 0. The molecule has 1 aliphatic rings. The van der Waals surface area contributed by atoms with Crippen LogP contribution in [-0.4, -0.2) is 19.0 Å². The molecule has 1 aliphatic heterocycles. The van der Waals surface area contributed by atoms with Crippen LogP contribution in [0.4, 0.5) is 4.39 Å². The highest BCUT2D eigenvalue weighted by Gasteiger charge is 2.40. The lowest BCUT2D eigenvalue weighted by Crippen LogP contribution is -2.37. The lowest BCUT2D eigenvalue weighted by atomic mass is 9.75. The third kappa shape index (κ3) is 2.20. The summed E-state index contributed by atoms with van der Waals surface area (Å²) in [5.74, 6) is -1.17. The summed E-state index contributed by atoms with van der Waals surface area (Å²) in [5, 5.41) is 0. The van der Waals surface area contributed by atoms with Gasteiger partial charge in [0.25, 0.3) is 0 Å². The average molecular weight is 252 g/mol. The minimum absolute atomic E-state index is 0.0263. The van der Waals surface area contributed by atoms with Crippen LogP contribution in [0.25, 0.3) is 0 Å². The molecule has 0 bridgehead atoms. The zero-order chi connectivity index (χ0) is 13.3. The molecule has 0 aromatic heterocycles. The first kappa shape index (κ1) is 12.5. The van der Waals surface area contributed by atoms with Gasteiger partial charge in [-0.05, 0) is 18.2 Å². The Morgan fingerprint density at radius 2 is 1.89 bits per heavy atom. The number of halogens is 1. The van der Waals surface area contributed by atoms with Crippen molar-refractivity contribution in [2.75, 3.05) is 7.11 Å². The molecule has 5 heteroatoms. The Kier molecular flexibility index (Phi) is 3.07. The number of ether oxygens (including phenoxy) is 2. The minimum atomic E-state index is -0.792. The zero-order valence-electron chi connectivity index (χ0n) is 10.2. The van der Waals surface area contributed by atoms with Crippen LogP contribution < -0.4 is 4.74 Å². The smallest absolute Gasteiger partial charge is 0.314 e. The van der Waals surface area contributed by atoms with Gasteiger partial charge in [-0.3, -0.25) is 9.59 Å². The predicted molar refractivity (Wildman–Crippen MR) is 60.6 cm³/mol. The van der Waals surface area contributed by atoms with E-state index in [9.17, 15) is 14.0 Å². The monoisotopic (exact) mass is 252 g/mol. The Labute approximate surface area is 104 Å². The van der Waals surface area contributed by atoms with Crippen LogP contribution >= 0.6 is 0 Å². The quantitative estimate of drug-likeness (QED) is 0.596. The SMILES string of the molecule is COc1ccc(F)cc1C1(C)CC(=O)OC(=O)C1. The average Bonchev–Trinajstić information content (AvgIpc) is 2.27. The van der Waals surface area contributed by atoms with Crippen LogP contribution in [0.5, 0.6) is 5.75 Å². The number of benzene rings is 1. The van der Waals surface area contributed by atoms with Crippen molar-refractivity contribution in [3.05, 3.63) is 29.6 Å². The van der Waals surface area contributed by atoms with Gasteiger partial charge < -0.3 is 9.47 Å². The standard InChI is InChI=1S/C13H13FO4/c1-13(6-11(15)18-12(16)7-13)9-5-8(14)3-4-10(9)17-2/h3-5H,6-7H2,1-2H3. The van der Waals surface area contributed by atoms with E-state index in [4.69, 9.17) is 4.74 Å². The maximum absolute atomic E-state index is 13.3. The van der Waals surface area contributed by atoms with Crippen molar-refractivity contribution in [1.29, 1.82) is 0 Å². The summed E-state index contributed by atoms with van der Waals surface area (Å²) in [6.45, 7) is 1.72. The molecular formula is C13H13FO4. The van der Waals surface area contributed by atoms with Crippen molar-refractivity contribution in [3.63, 3.8) is 0 Å². The molecule has 1 aromatic rings. The third-order valence-electron chi connectivity index (χ3n) is 3.11. The number of carbonyl (C=O) groups excluding carboxylic acids is 2. The van der Waals surface area contributed by atoms with E-state index in [0.717, 1.165) is 0 Å². The highest BCUT2D eigenvalue weighted by Crippen LogP contribution is 2.40. The summed E-state index contributed by atoms with van der Waals surface area (Å²) < 4.78 is 23.0. The summed E-state index contributed by atoms with van der Waals surface area (Å²) >= 11 is 0. The molecule has 1 fully saturated rings. The van der Waals surface area contributed by atoms with E-state index >= 15 is 0 Å². The fourth-order valence-corrected chi connectivity index (χ4v) is 2.24. The number of carbonyl (C=O) groups is 2. The lowest BCUT2D eigenvalue weighted by molar-refractivity contribution is -0.166. The maximum atomic E-state index is 13.3. The van der Waals surface area contributed by atoms with Gasteiger partial charge in [0.15, 0.2) is 0 Å². The van der Waals surface area contributed by atoms with E-state index < -0.39 is 23.2 Å². The van der Waals surface area contributed by atoms with Crippen LogP contribution in [0.2, 0.25) is 0 Å². The van der Waals surface area contributed by atoms with Gasteiger partial charge in [0.2, 0.25) is 0 Å².